The lowest BCUT2D eigenvalue weighted by atomic mass is 10.1. The number of carbonyl (C=O) groups is 1. The molecule has 1 fully saturated rings. The van der Waals surface area contributed by atoms with Crippen LogP contribution in [-0.2, 0) is 23.0 Å². The van der Waals surface area contributed by atoms with Gasteiger partial charge in [0.05, 0.1) is 17.6 Å². The van der Waals surface area contributed by atoms with Gasteiger partial charge in [0.25, 0.3) is 0 Å². The minimum Gasteiger partial charge on any atom is -0.394 e. The Morgan fingerprint density at radius 1 is 1.23 bits per heavy atom. The molecule has 1 aliphatic heterocycles. The largest absolute Gasteiger partial charge is 0.394 e. The highest BCUT2D eigenvalue weighted by Gasteiger charge is 2.59. The molecule has 218 valence electrons. The smallest absolute Gasteiger partial charge is 0.351 e. The summed E-state index contributed by atoms with van der Waals surface area (Å²) < 4.78 is 36.1. The molecule has 3 atom stereocenters. The van der Waals surface area contributed by atoms with Crippen molar-refractivity contribution in [3.8, 4) is 0 Å². The number of carbonyl (C=O) groups excluding carboxylic acids is 1. The second kappa shape index (κ2) is 12.8. The first-order chi connectivity index (χ1) is 19.1. The Morgan fingerprint density at radius 3 is 2.58 bits per heavy atom. The van der Waals surface area contributed by atoms with Crippen molar-refractivity contribution >= 4 is 51.6 Å². The summed E-state index contributed by atoms with van der Waals surface area (Å²) in [6.07, 6.45) is -3.91. The zero-order valence-corrected chi connectivity index (χ0v) is 23.2. The van der Waals surface area contributed by atoms with Gasteiger partial charge in [0, 0.05) is 56.6 Å². The Labute approximate surface area is 238 Å². The summed E-state index contributed by atoms with van der Waals surface area (Å²) in [7, 11) is 1.90. The van der Waals surface area contributed by atoms with E-state index in [2.05, 4.69) is 15.2 Å². The number of nitrogens with zero attached hydrogens (tertiary/aromatic N) is 5. The molecule has 3 N–H and O–H groups in total. The maximum atomic E-state index is 14.3. The molecule has 1 saturated heterocycles. The number of ether oxygens (including phenoxy) is 1. The highest BCUT2D eigenvalue weighted by atomic mass is 35.5. The lowest BCUT2D eigenvalue weighted by molar-refractivity contribution is -0.141. The van der Waals surface area contributed by atoms with Crippen LogP contribution >= 0.6 is 23.2 Å². The summed E-state index contributed by atoms with van der Waals surface area (Å²) in [5, 5.41) is 21.3. The van der Waals surface area contributed by atoms with E-state index in [4.69, 9.17) is 38.0 Å². The van der Waals surface area contributed by atoms with Crippen LogP contribution in [0.2, 0.25) is 0 Å². The number of aryl methyl sites for hydroxylation is 2. The van der Waals surface area contributed by atoms with E-state index in [1.165, 1.54) is 6.07 Å². The van der Waals surface area contributed by atoms with Crippen LogP contribution in [0.5, 0.6) is 0 Å². The molecule has 3 heterocycles. The first-order valence-electron chi connectivity index (χ1n) is 12.6. The van der Waals surface area contributed by atoms with Gasteiger partial charge in [-0.05, 0) is 30.7 Å². The Kier molecular flexibility index (Phi) is 9.62. The summed E-state index contributed by atoms with van der Waals surface area (Å²) in [6, 6.07) is 7.14. The Morgan fingerprint density at radius 2 is 1.95 bits per heavy atom. The van der Waals surface area contributed by atoms with Crippen LogP contribution in [0.1, 0.15) is 24.9 Å². The van der Waals surface area contributed by atoms with Crippen molar-refractivity contribution in [3.63, 3.8) is 0 Å². The van der Waals surface area contributed by atoms with E-state index < -0.39 is 42.6 Å². The van der Waals surface area contributed by atoms with E-state index in [9.17, 15) is 23.5 Å². The van der Waals surface area contributed by atoms with Crippen molar-refractivity contribution in [1.29, 1.82) is 0 Å². The monoisotopic (exact) mass is 602 g/mol. The van der Waals surface area contributed by atoms with Gasteiger partial charge < -0.3 is 29.7 Å². The van der Waals surface area contributed by atoms with Crippen molar-refractivity contribution in [2.45, 2.75) is 43.6 Å². The number of imidazole rings is 1. The van der Waals surface area contributed by atoms with Gasteiger partial charge >= 0.3 is 11.6 Å². The molecule has 11 nitrogen and oxygen atoms in total. The minimum absolute atomic E-state index is 0.104. The molecular formula is C25H30Cl2F2N6O5. The van der Waals surface area contributed by atoms with Crippen LogP contribution < -0.4 is 15.9 Å². The fraction of sp³-hybridized carbons (Fsp3) is 0.520. The molecule has 40 heavy (non-hydrogen) atoms. The number of hydrogen-bond acceptors (Lipinski definition) is 8. The molecule has 1 amide bonds. The van der Waals surface area contributed by atoms with E-state index in [1.807, 2.05) is 29.8 Å². The zero-order valence-electron chi connectivity index (χ0n) is 21.6. The van der Waals surface area contributed by atoms with E-state index in [-0.39, 0.29) is 12.2 Å². The van der Waals surface area contributed by atoms with E-state index in [1.54, 1.807) is 0 Å². The van der Waals surface area contributed by atoms with Crippen molar-refractivity contribution in [2.24, 2.45) is 7.05 Å². The van der Waals surface area contributed by atoms with Crippen molar-refractivity contribution < 1.29 is 28.5 Å². The molecular weight excluding hydrogens is 573 g/mol. The third kappa shape index (κ3) is 6.23. The fourth-order valence-corrected chi connectivity index (χ4v) is 5.03. The Hall–Kier alpha value is -2.84. The van der Waals surface area contributed by atoms with Gasteiger partial charge in [-0.15, -0.1) is 23.2 Å². The van der Waals surface area contributed by atoms with E-state index in [0.717, 1.165) is 28.7 Å². The number of fused-ring (bicyclic) bond motifs is 1. The highest BCUT2D eigenvalue weighted by molar-refractivity contribution is 6.18. The topological polar surface area (TPSA) is 135 Å². The second-order valence-electron chi connectivity index (χ2n) is 9.36. The number of aliphatic hydroxyl groups is 2. The molecule has 0 unspecified atom stereocenters. The van der Waals surface area contributed by atoms with Crippen LogP contribution in [0.3, 0.4) is 0 Å². The Bertz CT molecular complexity index is 1400. The second-order valence-corrected chi connectivity index (χ2v) is 10.1. The third-order valence-corrected chi connectivity index (χ3v) is 7.08. The molecule has 0 bridgehead atoms. The number of alkyl halides is 4. The van der Waals surface area contributed by atoms with E-state index >= 15 is 0 Å². The third-order valence-electron chi connectivity index (χ3n) is 6.74. The first-order valence-corrected chi connectivity index (χ1v) is 13.7. The quantitative estimate of drug-likeness (QED) is 0.269. The number of aromatic nitrogens is 4. The number of nitrogens with one attached hydrogen (secondary N) is 1. The van der Waals surface area contributed by atoms with Gasteiger partial charge in [0.15, 0.2) is 6.10 Å². The fourth-order valence-electron chi connectivity index (χ4n) is 4.62. The number of amides is 1. The van der Waals surface area contributed by atoms with Crippen LogP contribution in [0.15, 0.2) is 35.3 Å². The summed E-state index contributed by atoms with van der Waals surface area (Å²) in [4.78, 5) is 35.3. The summed E-state index contributed by atoms with van der Waals surface area (Å²) >= 11 is 11.8. The maximum absolute atomic E-state index is 14.3. The first kappa shape index (κ1) is 30.1. The van der Waals surface area contributed by atoms with Gasteiger partial charge in [0.1, 0.15) is 17.7 Å². The number of benzene rings is 1. The molecule has 4 rings (SSSR count). The summed E-state index contributed by atoms with van der Waals surface area (Å²) in [5.74, 6) is -2.61. The average molecular weight is 603 g/mol. The van der Waals surface area contributed by atoms with Gasteiger partial charge in [-0.3, -0.25) is 9.36 Å². The number of rotatable bonds is 12. The van der Waals surface area contributed by atoms with Gasteiger partial charge in [-0.25, -0.2) is 9.78 Å². The number of hydrogen-bond donors (Lipinski definition) is 3. The lowest BCUT2D eigenvalue weighted by Crippen LogP contribution is -2.41. The van der Waals surface area contributed by atoms with Crippen molar-refractivity contribution in [1.82, 2.24) is 19.1 Å². The van der Waals surface area contributed by atoms with Crippen LogP contribution in [0.25, 0.3) is 11.0 Å². The number of aliphatic hydroxyl groups excluding tert-OH is 2. The summed E-state index contributed by atoms with van der Waals surface area (Å²) in [6.45, 7) is 0.473. The molecule has 3 aromatic rings. The zero-order chi connectivity index (χ0) is 29.0. The average Bonchev–Trinajstić information content (AvgIpc) is 3.35. The normalized spacial score (nSPS) is 20.2. The molecule has 0 aliphatic carbocycles. The molecule has 0 radical (unpaired) electrons. The minimum atomic E-state index is -3.82. The van der Waals surface area contributed by atoms with Crippen LogP contribution in [0.4, 0.5) is 20.3 Å². The molecule has 1 aromatic carbocycles. The molecule has 15 heteroatoms. The molecule has 0 spiro atoms. The number of halogens is 4. The SMILES string of the molecule is Cn1c(CCCC(=O)Nc2ccn([C@@H]3O[C@H](CO)[C@@H](O)C3(F)F)c(=O)n2)nc2cc(N(CCCl)CCCl)ccc21. The van der Waals surface area contributed by atoms with Gasteiger partial charge in [0.2, 0.25) is 12.1 Å². The predicted molar refractivity (Wildman–Crippen MR) is 146 cm³/mol. The van der Waals surface area contributed by atoms with E-state index in [0.29, 0.717) is 42.3 Å². The predicted octanol–water partition coefficient (Wildman–Crippen LogP) is 2.26. The van der Waals surface area contributed by atoms with Crippen molar-refractivity contribution in [2.75, 3.05) is 41.7 Å². The van der Waals surface area contributed by atoms with Gasteiger partial charge in [-0.2, -0.15) is 13.8 Å². The molecule has 2 aromatic heterocycles. The standard InChI is InChI=1S/C25H30Cl2F2N6O5/c1-33-17-6-5-15(34(11-8-26)12-9-27)13-16(17)30-20(33)3-2-4-21(37)31-19-7-10-35(24(39)32-19)23-25(28,29)22(38)18(14-36)40-23/h5-7,10,13,18,22-23,36,38H,2-4,8-9,11-12,14H2,1H3,(H,31,32,37,39)/t18-,22-,23-/m1/s1. The number of anilines is 2. The van der Waals surface area contributed by atoms with Crippen molar-refractivity contribution in [3.05, 3.63) is 46.8 Å². The Balaban J connectivity index is 1.36. The van der Waals surface area contributed by atoms with Crippen LogP contribution in [-0.4, -0.2) is 84.8 Å². The molecule has 1 aliphatic rings. The lowest BCUT2D eigenvalue weighted by Gasteiger charge is -2.22. The van der Waals surface area contributed by atoms with Crippen LogP contribution in [0, 0.1) is 0 Å². The molecule has 0 saturated carbocycles. The maximum Gasteiger partial charge on any atom is 0.351 e. The van der Waals surface area contributed by atoms with Gasteiger partial charge in [-0.1, -0.05) is 0 Å². The highest BCUT2D eigenvalue weighted by Crippen LogP contribution is 2.42. The summed E-state index contributed by atoms with van der Waals surface area (Å²) in [5.41, 5.74) is 1.62.